The van der Waals surface area contributed by atoms with Crippen molar-refractivity contribution in [3.05, 3.63) is 64.7 Å². The number of rotatable bonds is 4. The zero-order valence-corrected chi connectivity index (χ0v) is 16.2. The number of hydrogen-bond acceptors (Lipinski definition) is 2. The summed E-state index contributed by atoms with van der Waals surface area (Å²) in [4.78, 5) is 2.18. The van der Waals surface area contributed by atoms with Crippen LogP contribution in [0.2, 0.25) is 0 Å². The number of hydrogen-bond donors (Lipinski definition) is 1. The van der Waals surface area contributed by atoms with Gasteiger partial charge in [0.15, 0.2) is 0 Å². The van der Waals surface area contributed by atoms with Crippen molar-refractivity contribution in [2.24, 2.45) is 0 Å². The van der Waals surface area contributed by atoms with Crippen molar-refractivity contribution in [2.45, 2.75) is 45.6 Å². The van der Waals surface area contributed by atoms with Crippen LogP contribution < -0.4 is 4.90 Å². The van der Waals surface area contributed by atoms with Gasteiger partial charge in [0, 0.05) is 25.3 Å². The fraction of sp³-hybridized carbons (Fsp3) is 0.391. The molecule has 25 heavy (non-hydrogen) atoms. The van der Waals surface area contributed by atoms with Crippen molar-refractivity contribution in [3.63, 3.8) is 0 Å². The Balaban J connectivity index is 2.49. The molecule has 0 aromatic heterocycles. The fourth-order valence-corrected chi connectivity index (χ4v) is 3.02. The van der Waals surface area contributed by atoms with Crippen LogP contribution in [0.4, 0.5) is 5.69 Å². The first-order valence-corrected chi connectivity index (χ1v) is 8.91. The maximum absolute atomic E-state index is 10.6. The maximum atomic E-state index is 10.6. The van der Waals surface area contributed by atoms with Crippen molar-refractivity contribution < 1.29 is 5.11 Å². The summed E-state index contributed by atoms with van der Waals surface area (Å²) in [6.45, 7) is 8.77. The summed E-state index contributed by atoms with van der Waals surface area (Å²) >= 11 is 0. The SMILES string of the molecule is CC(C)c1cc(C(O)C#Cc2ccccc2)cc(C(C)C)c1N(C)C. The van der Waals surface area contributed by atoms with E-state index in [2.05, 4.69) is 70.7 Å². The monoisotopic (exact) mass is 335 g/mol. The summed E-state index contributed by atoms with van der Waals surface area (Å²) < 4.78 is 0. The average molecular weight is 335 g/mol. The van der Waals surface area contributed by atoms with E-state index in [0.29, 0.717) is 11.8 Å². The number of aliphatic hydroxyl groups excluding tert-OH is 1. The molecule has 0 fully saturated rings. The van der Waals surface area contributed by atoms with Gasteiger partial charge in [-0.1, -0.05) is 57.7 Å². The molecular weight excluding hydrogens is 306 g/mol. The largest absolute Gasteiger partial charge is 0.377 e. The number of benzene rings is 2. The highest BCUT2D eigenvalue weighted by molar-refractivity contribution is 5.63. The van der Waals surface area contributed by atoms with E-state index in [1.807, 2.05) is 30.3 Å². The van der Waals surface area contributed by atoms with Gasteiger partial charge >= 0.3 is 0 Å². The second-order valence-electron chi connectivity index (χ2n) is 7.29. The summed E-state index contributed by atoms with van der Waals surface area (Å²) in [5.41, 5.74) is 5.57. The first-order chi connectivity index (χ1) is 11.8. The molecule has 1 atom stereocenters. The minimum Gasteiger partial charge on any atom is -0.377 e. The third-order valence-corrected chi connectivity index (χ3v) is 4.33. The third-order valence-electron chi connectivity index (χ3n) is 4.33. The maximum Gasteiger partial charge on any atom is 0.140 e. The van der Waals surface area contributed by atoms with Gasteiger partial charge in [-0.05, 0) is 52.8 Å². The van der Waals surface area contributed by atoms with E-state index in [1.165, 1.54) is 16.8 Å². The van der Waals surface area contributed by atoms with Gasteiger partial charge in [-0.3, -0.25) is 0 Å². The molecule has 2 aromatic carbocycles. The Labute approximate surface area is 152 Å². The molecule has 0 spiro atoms. The third kappa shape index (κ3) is 4.65. The van der Waals surface area contributed by atoms with E-state index in [9.17, 15) is 5.11 Å². The molecule has 0 radical (unpaired) electrons. The minimum atomic E-state index is -0.786. The lowest BCUT2D eigenvalue weighted by Gasteiger charge is -2.27. The number of nitrogens with zero attached hydrogens (tertiary/aromatic N) is 1. The highest BCUT2D eigenvalue weighted by Gasteiger charge is 2.19. The molecule has 0 saturated heterocycles. The van der Waals surface area contributed by atoms with Crippen LogP contribution in [0.15, 0.2) is 42.5 Å². The van der Waals surface area contributed by atoms with Gasteiger partial charge < -0.3 is 10.0 Å². The summed E-state index contributed by atoms with van der Waals surface area (Å²) in [5.74, 6) is 6.81. The number of aliphatic hydroxyl groups is 1. The average Bonchev–Trinajstić information content (AvgIpc) is 2.59. The van der Waals surface area contributed by atoms with Crippen LogP contribution in [0.25, 0.3) is 0 Å². The Hall–Kier alpha value is -2.24. The molecule has 2 rings (SSSR count). The zero-order valence-electron chi connectivity index (χ0n) is 16.2. The molecule has 0 bridgehead atoms. The highest BCUT2D eigenvalue weighted by Crippen LogP contribution is 2.37. The molecule has 2 heteroatoms. The van der Waals surface area contributed by atoms with Crippen LogP contribution in [0.1, 0.15) is 67.9 Å². The standard InChI is InChI=1S/C23H29NO/c1-16(2)20-14-19(15-21(17(3)4)23(20)24(5)6)22(25)13-12-18-10-8-7-9-11-18/h7-11,14-17,22,25H,1-6H3. The lowest BCUT2D eigenvalue weighted by atomic mass is 9.88. The molecule has 1 unspecified atom stereocenters. The smallest absolute Gasteiger partial charge is 0.140 e. The molecule has 0 aliphatic carbocycles. The van der Waals surface area contributed by atoms with Crippen molar-refractivity contribution in [3.8, 4) is 11.8 Å². The summed E-state index contributed by atoms with van der Waals surface area (Å²) in [6.07, 6.45) is -0.786. The summed E-state index contributed by atoms with van der Waals surface area (Å²) in [6, 6.07) is 14.0. The summed E-state index contributed by atoms with van der Waals surface area (Å²) in [5, 5.41) is 10.6. The Bertz CT molecular complexity index is 735. The minimum absolute atomic E-state index is 0.379. The molecule has 0 aliphatic rings. The topological polar surface area (TPSA) is 23.5 Å². The van der Waals surface area contributed by atoms with Crippen LogP contribution in [-0.2, 0) is 0 Å². The van der Waals surface area contributed by atoms with Crippen molar-refractivity contribution in [1.82, 2.24) is 0 Å². The lowest BCUT2D eigenvalue weighted by molar-refractivity contribution is 0.238. The van der Waals surface area contributed by atoms with E-state index in [1.54, 1.807) is 0 Å². The molecule has 0 heterocycles. The van der Waals surface area contributed by atoms with Crippen LogP contribution in [0.3, 0.4) is 0 Å². The molecule has 132 valence electrons. The molecule has 0 saturated carbocycles. The van der Waals surface area contributed by atoms with Gasteiger partial charge in [0.05, 0.1) is 0 Å². The van der Waals surface area contributed by atoms with E-state index in [-0.39, 0.29) is 0 Å². The van der Waals surface area contributed by atoms with Crippen LogP contribution in [0, 0.1) is 11.8 Å². The summed E-state index contributed by atoms with van der Waals surface area (Å²) in [7, 11) is 4.16. The van der Waals surface area contributed by atoms with Crippen LogP contribution >= 0.6 is 0 Å². The first kappa shape index (κ1) is 19.1. The van der Waals surface area contributed by atoms with Crippen LogP contribution in [-0.4, -0.2) is 19.2 Å². The molecular formula is C23H29NO. The van der Waals surface area contributed by atoms with Crippen LogP contribution in [0.5, 0.6) is 0 Å². The zero-order chi connectivity index (χ0) is 18.6. The highest BCUT2D eigenvalue weighted by atomic mass is 16.3. The molecule has 0 amide bonds. The van der Waals surface area contributed by atoms with E-state index in [0.717, 1.165) is 11.1 Å². The predicted molar refractivity (Wildman–Crippen MR) is 107 cm³/mol. The van der Waals surface area contributed by atoms with Gasteiger partial charge in [-0.25, -0.2) is 0 Å². The van der Waals surface area contributed by atoms with Crippen molar-refractivity contribution in [1.29, 1.82) is 0 Å². The van der Waals surface area contributed by atoms with Gasteiger partial charge in [-0.2, -0.15) is 0 Å². The van der Waals surface area contributed by atoms with Crippen molar-refractivity contribution >= 4 is 5.69 Å². The Morgan fingerprint density at radius 1 is 0.880 bits per heavy atom. The molecule has 1 N–H and O–H groups in total. The molecule has 2 aromatic rings. The van der Waals surface area contributed by atoms with Gasteiger partial charge in [-0.15, -0.1) is 0 Å². The fourth-order valence-electron chi connectivity index (χ4n) is 3.02. The van der Waals surface area contributed by atoms with E-state index < -0.39 is 6.10 Å². The Morgan fingerprint density at radius 3 is 1.84 bits per heavy atom. The predicted octanol–water partition coefficient (Wildman–Crippen LogP) is 5.08. The van der Waals surface area contributed by atoms with Gasteiger partial charge in [0.1, 0.15) is 6.10 Å². The first-order valence-electron chi connectivity index (χ1n) is 8.91. The lowest BCUT2D eigenvalue weighted by Crippen LogP contribution is -2.16. The van der Waals surface area contributed by atoms with Gasteiger partial charge in [0.2, 0.25) is 0 Å². The Morgan fingerprint density at radius 2 is 1.40 bits per heavy atom. The molecule has 0 aliphatic heterocycles. The Kier molecular flexibility index (Phi) is 6.28. The second kappa shape index (κ2) is 8.23. The normalized spacial score (nSPS) is 12.0. The van der Waals surface area contributed by atoms with E-state index in [4.69, 9.17) is 0 Å². The van der Waals surface area contributed by atoms with Crippen molar-refractivity contribution in [2.75, 3.05) is 19.0 Å². The van der Waals surface area contributed by atoms with E-state index >= 15 is 0 Å². The quantitative estimate of drug-likeness (QED) is 0.787. The number of anilines is 1. The second-order valence-corrected chi connectivity index (χ2v) is 7.29. The van der Waals surface area contributed by atoms with Gasteiger partial charge in [0.25, 0.3) is 0 Å². The molecule has 2 nitrogen and oxygen atoms in total.